The molecule has 0 radical (unpaired) electrons. The number of methoxy groups -OCH3 is 1. The summed E-state index contributed by atoms with van der Waals surface area (Å²) in [5, 5.41) is 0. The van der Waals surface area contributed by atoms with Gasteiger partial charge in [-0.1, -0.05) is 6.58 Å². The van der Waals surface area contributed by atoms with Crippen LogP contribution >= 0.6 is 0 Å². The number of hydrogen-bond donors (Lipinski definition) is 1. The molecule has 0 saturated heterocycles. The number of rotatable bonds is 2. The fourth-order valence-corrected chi connectivity index (χ4v) is 0.386. The van der Waals surface area contributed by atoms with Gasteiger partial charge in [0.25, 0.3) is 0 Å². The molecule has 0 spiro atoms. The molecule has 0 aromatic rings. The highest BCUT2D eigenvalue weighted by Crippen LogP contribution is 2.11. The van der Waals surface area contributed by atoms with Crippen LogP contribution < -0.4 is 5.73 Å². The molecule has 0 amide bonds. The lowest BCUT2D eigenvalue weighted by molar-refractivity contribution is -0.144. The number of esters is 1. The SMILES string of the molecule is C=C(C)C(C)(N)C(=O)OC. The van der Waals surface area contributed by atoms with Crippen molar-refractivity contribution in [2.45, 2.75) is 19.4 Å². The zero-order valence-electron chi connectivity index (χ0n) is 6.60. The predicted octanol–water partition coefficient (Wildman–Crippen LogP) is 0.453. The van der Waals surface area contributed by atoms with Crippen molar-refractivity contribution in [2.24, 2.45) is 5.73 Å². The Labute approximate surface area is 60.9 Å². The first kappa shape index (κ1) is 9.17. The van der Waals surface area contributed by atoms with Gasteiger partial charge in [0.15, 0.2) is 0 Å². The summed E-state index contributed by atoms with van der Waals surface area (Å²) in [4.78, 5) is 10.9. The maximum absolute atomic E-state index is 10.9. The summed E-state index contributed by atoms with van der Waals surface area (Å²) in [5.74, 6) is -0.458. The first-order valence-electron chi connectivity index (χ1n) is 2.96. The van der Waals surface area contributed by atoms with E-state index in [-0.39, 0.29) is 0 Å². The summed E-state index contributed by atoms with van der Waals surface area (Å²) in [7, 11) is 1.30. The number of ether oxygens (including phenoxy) is 1. The molecule has 1 unspecified atom stereocenters. The van der Waals surface area contributed by atoms with Crippen LogP contribution in [0.3, 0.4) is 0 Å². The Morgan fingerprint density at radius 1 is 1.70 bits per heavy atom. The molecule has 0 heterocycles. The highest BCUT2D eigenvalue weighted by molar-refractivity contribution is 5.83. The molecule has 3 nitrogen and oxygen atoms in total. The molecule has 3 heteroatoms. The van der Waals surface area contributed by atoms with Crippen molar-refractivity contribution in [3.05, 3.63) is 12.2 Å². The Hall–Kier alpha value is -0.830. The second-order valence-corrected chi connectivity index (χ2v) is 2.47. The second-order valence-electron chi connectivity index (χ2n) is 2.47. The monoisotopic (exact) mass is 143 g/mol. The molecule has 58 valence electrons. The second kappa shape index (κ2) is 2.84. The minimum atomic E-state index is -1.05. The summed E-state index contributed by atoms with van der Waals surface area (Å²) in [6, 6.07) is 0. The van der Waals surface area contributed by atoms with Crippen LogP contribution in [0.1, 0.15) is 13.8 Å². The Balaban J connectivity index is 4.40. The third kappa shape index (κ3) is 1.57. The topological polar surface area (TPSA) is 52.3 Å². The van der Waals surface area contributed by atoms with Gasteiger partial charge in [-0.15, -0.1) is 0 Å². The molecule has 0 aliphatic heterocycles. The van der Waals surface area contributed by atoms with E-state index in [0.29, 0.717) is 5.57 Å². The Morgan fingerprint density at radius 2 is 2.10 bits per heavy atom. The van der Waals surface area contributed by atoms with Crippen molar-refractivity contribution in [3.8, 4) is 0 Å². The standard InChI is InChI=1S/C7H13NO2/c1-5(2)7(3,8)6(9)10-4/h1,8H2,2-4H3. The van der Waals surface area contributed by atoms with Crippen LogP contribution in [-0.4, -0.2) is 18.6 Å². The maximum atomic E-state index is 10.9. The zero-order valence-corrected chi connectivity index (χ0v) is 6.60. The average molecular weight is 143 g/mol. The predicted molar refractivity (Wildman–Crippen MR) is 39.4 cm³/mol. The highest BCUT2D eigenvalue weighted by Gasteiger charge is 2.29. The molecule has 0 aromatic heterocycles. The van der Waals surface area contributed by atoms with Gasteiger partial charge in [0, 0.05) is 0 Å². The van der Waals surface area contributed by atoms with E-state index in [0.717, 1.165) is 0 Å². The number of hydrogen-bond acceptors (Lipinski definition) is 3. The molecule has 0 aliphatic rings. The first-order chi connectivity index (χ1) is 4.42. The van der Waals surface area contributed by atoms with Crippen LogP contribution in [0.4, 0.5) is 0 Å². The van der Waals surface area contributed by atoms with Crippen LogP contribution in [0.15, 0.2) is 12.2 Å². The Morgan fingerprint density at radius 3 is 2.20 bits per heavy atom. The van der Waals surface area contributed by atoms with E-state index < -0.39 is 11.5 Å². The summed E-state index contributed by atoms with van der Waals surface area (Å²) < 4.78 is 4.45. The van der Waals surface area contributed by atoms with Gasteiger partial charge < -0.3 is 10.5 Å². The number of carbonyl (C=O) groups is 1. The van der Waals surface area contributed by atoms with Crippen LogP contribution in [0.5, 0.6) is 0 Å². The molecular weight excluding hydrogens is 130 g/mol. The quantitative estimate of drug-likeness (QED) is 0.451. The molecule has 1 atom stereocenters. The van der Waals surface area contributed by atoms with Gasteiger partial charge >= 0.3 is 5.97 Å². The molecule has 0 aliphatic carbocycles. The van der Waals surface area contributed by atoms with Crippen molar-refractivity contribution in [3.63, 3.8) is 0 Å². The minimum absolute atomic E-state index is 0.458. The van der Waals surface area contributed by atoms with Crippen molar-refractivity contribution in [1.82, 2.24) is 0 Å². The normalized spacial score (nSPS) is 15.6. The fraction of sp³-hybridized carbons (Fsp3) is 0.571. The van der Waals surface area contributed by atoms with Gasteiger partial charge in [-0.25, -0.2) is 4.79 Å². The minimum Gasteiger partial charge on any atom is -0.467 e. The van der Waals surface area contributed by atoms with Gasteiger partial charge in [0.05, 0.1) is 7.11 Å². The molecule has 10 heavy (non-hydrogen) atoms. The van der Waals surface area contributed by atoms with Gasteiger partial charge in [-0.2, -0.15) is 0 Å². The summed E-state index contributed by atoms with van der Waals surface area (Å²) in [5.41, 5.74) is 5.09. The first-order valence-corrected chi connectivity index (χ1v) is 2.96. The Bertz CT molecular complexity index is 161. The smallest absolute Gasteiger partial charge is 0.329 e. The van der Waals surface area contributed by atoms with Crippen molar-refractivity contribution >= 4 is 5.97 Å². The lowest BCUT2D eigenvalue weighted by Crippen LogP contribution is -2.46. The average Bonchev–Trinajstić information content (AvgIpc) is 1.86. The molecule has 0 saturated carbocycles. The maximum Gasteiger partial charge on any atom is 0.329 e. The Kier molecular flexibility index (Phi) is 2.60. The third-order valence-corrected chi connectivity index (χ3v) is 1.50. The van der Waals surface area contributed by atoms with E-state index >= 15 is 0 Å². The lowest BCUT2D eigenvalue weighted by Gasteiger charge is -2.20. The van der Waals surface area contributed by atoms with Crippen LogP contribution in [-0.2, 0) is 9.53 Å². The zero-order chi connectivity index (χ0) is 8.36. The molecule has 0 fully saturated rings. The van der Waals surface area contributed by atoms with E-state index in [1.165, 1.54) is 7.11 Å². The van der Waals surface area contributed by atoms with Gasteiger partial charge in [0.2, 0.25) is 0 Å². The lowest BCUT2D eigenvalue weighted by atomic mass is 9.96. The fourth-order valence-electron chi connectivity index (χ4n) is 0.386. The molecule has 0 aromatic carbocycles. The molecular formula is C7H13NO2. The highest BCUT2D eigenvalue weighted by atomic mass is 16.5. The van der Waals surface area contributed by atoms with Crippen molar-refractivity contribution in [2.75, 3.05) is 7.11 Å². The van der Waals surface area contributed by atoms with Crippen LogP contribution in [0, 0.1) is 0 Å². The largest absolute Gasteiger partial charge is 0.467 e. The van der Waals surface area contributed by atoms with Crippen LogP contribution in [0.2, 0.25) is 0 Å². The van der Waals surface area contributed by atoms with E-state index in [2.05, 4.69) is 11.3 Å². The van der Waals surface area contributed by atoms with Crippen LogP contribution in [0.25, 0.3) is 0 Å². The number of nitrogens with two attached hydrogens (primary N) is 1. The van der Waals surface area contributed by atoms with Gasteiger partial charge in [-0.3, -0.25) is 0 Å². The van der Waals surface area contributed by atoms with Gasteiger partial charge in [0.1, 0.15) is 5.54 Å². The van der Waals surface area contributed by atoms with Gasteiger partial charge in [-0.05, 0) is 19.4 Å². The molecule has 0 rings (SSSR count). The third-order valence-electron chi connectivity index (χ3n) is 1.50. The summed E-state index contributed by atoms with van der Waals surface area (Å²) in [6.07, 6.45) is 0. The van der Waals surface area contributed by atoms with Crippen molar-refractivity contribution < 1.29 is 9.53 Å². The van der Waals surface area contributed by atoms with E-state index in [1.54, 1.807) is 13.8 Å². The summed E-state index contributed by atoms with van der Waals surface area (Å²) in [6.45, 7) is 6.83. The molecule has 0 bridgehead atoms. The van der Waals surface area contributed by atoms with Crippen molar-refractivity contribution in [1.29, 1.82) is 0 Å². The van der Waals surface area contributed by atoms with E-state index in [4.69, 9.17) is 5.73 Å². The summed E-state index contributed by atoms with van der Waals surface area (Å²) >= 11 is 0. The van der Waals surface area contributed by atoms with E-state index in [9.17, 15) is 4.79 Å². The molecule has 2 N–H and O–H groups in total. The number of carbonyl (C=O) groups excluding carboxylic acids is 1. The van der Waals surface area contributed by atoms with E-state index in [1.807, 2.05) is 0 Å².